The summed E-state index contributed by atoms with van der Waals surface area (Å²) in [6.45, 7) is 3.26. The van der Waals surface area contributed by atoms with Crippen LogP contribution in [0, 0.1) is 5.92 Å². The SMILES string of the molecule is O=C(Cc1csc(NC(=O)C2CCCC2)n1)Nc1ccc(N2CCOCC2)cc1. The van der Waals surface area contributed by atoms with E-state index in [0.717, 1.165) is 63.4 Å². The summed E-state index contributed by atoms with van der Waals surface area (Å²) >= 11 is 1.36. The summed E-state index contributed by atoms with van der Waals surface area (Å²) in [4.78, 5) is 31.2. The lowest BCUT2D eigenvalue weighted by molar-refractivity contribution is -0.119. The lowest BCUT2D eigenvalue weighted by Gasteiger charge is -2.28. The average molecular weight is 415 g/mol. The van der Waals surface area contributed by atoms with Gasteiger partial charge in [-0.25, -0.2) is 4.98 Å². The van der Waals surface area contributed by atoms with Crippen molar-refractivity contribution in [3.63, 3.8) is 0 Å². The fraction of sp³-hybridized carbons (Fsp3) is 0.476. The van der Waals surface area contributed by atoms with E-state index in [1.165, 1.54) is 11.3 Å². The van der Waals surface area contributed by atoms with Crippen LogP contribution >= 0.6 is 11.3 Å². The first kappa shape index (κ1) is 19.8. The second-order valence-corrected chi connectivity index (χ2v) is 8.34. The summed E-state index contributed by atoms with van der Waals surface area (Å²) in [7, 11) is 0. The number of nitrogens with zero attached hydrogens (tertiary/aromatic N) is 2. The fourth-order valence-electron chi connectivity index (χ4n) is 3.79. The maximum atomic E-state index is 12.3. The van der Waals surface area contributed by atoms with Gasteiger partial charge in [-0.1, -0.05) is 12.8 Å². The number of hydrogen-bond acceptors (Lipinski definition) is 6. The monoisotopic (exact) mass is 414 g/mol. The molecule has 2 amide bonds. The number of carbonyl (C=O) groups is 2. The van der Waals surface area contributed by atoms with Gasteiger partial charge in [0.05, 0.1) is 25.3 Å². The molecule has 0 bridgehead atoms. The second kappa shape index (κ2) is 9.37. The van der Waals surface area contributed by atoms with E-state index in [0.29, 0.717) is 10.8 Å². The number of amides is 2. The number of nitrogens with one attached hydrogen (secondary N) is 2. The molecule has 1 aliphatic heterocycles. The van der Waals surface area contributed by atoms with Crippen molar-refractivity contribution >= 4 is 39.7 Å². The Balaban J connectivity index is 1.27. The van der Waals surface area contributed by atoms with Crippen molar-refractivity contribution in [2.24, 2.45) is 5.92 Å². The predicted octanol–water partition coefficient (Wildman–Crippen LogP) is 3.29. The van der Waals surface area contributed by atoms with Crippen molar-refractivity contribution in [3.05, 3.63) is 35.3 Å². The molecule has 2 heterocycles. The first-order valence-electron chi connectivity index (χ1n) is 10.2. The Morgan fingerprint density at radius 3 is 2.55 bits per heavy atom. The van der Waals surface area contributed by atoms with Crippen LogP contribution in [0.15, 0.2) is 29.6 Å². The van der Waals surface area contributed by atoms with Gasteiger partial charge in [0, 0.05) is 35.8 Å². The topological polar surface area (TPSA) is 83.6 Å². The van der Waals surface area contributed by atoms with E-state index in [1.54, 1.807) is 0 Å². The van der Waals surface area contributed by atoms with E-state index < -0.39 is 0 Å². The van der Waals surface area contributed by atoms with Crippen LogP contribution in [0.5, 0.6) is 0 Å². The van der Waals surface area contributed by atoms with Gasteiger partial charge in [0.1, 0.15) is 0 Å². The molecule has 1 saturated carbocycles. The molecule has 0 unspecified atom stereocenters. The van der Waals surface area contributed by atoms with Crippen LogP contribution in [0.25, 0.3) is 0 Å². The van der Waals surface area contributed by atoms with Crippen LogP contribution < -0.4 is 15.5 Å². The minimum absolute atomic E-state index is 0.0493. The molecular formula is C21H26N4O3S. The molecule has 8 heteroatoms. The minimum atomic E-state index is -0.122. The van der Waals surface area contributed by atoms with Crippen molar-refractivity contribution < 1.29 is 14.3 Å². The second-order valence-electron chi connectivity index (χ2n) is 7.49. The Bertz CT molecular complexity index is 840. The highest BCUT2D eigenvalue weighted by atomic mass is 32.1. The molecule has 2 fully saturated rings. The molecule has 2 aliphatic rings. The standard InChI is InChI=1S/C21H26N4O3S/c26-19(22-16-5-7-18(8-6-16)25-9-11-28-12-10-25)13-17-14-29-21(23-17)24-20(27)15-3-1-2-4-15/h5-8,14-15H,1-4,9-13H2,(H,22,26)(H,23,24,27). The van der Waals surface area contributed by atoms with Gasteiger partial charge in [-0.2, -0.15) is 0 Å². The lowest BCUT2D eigenvalue weighted by Crippen LogP contribution is -2.36. The molecular weight excluding hydrogens is 388 g/mol. The third-order valence-electron chi connectivity index (χ3n) is 5.38. The summed E-state index contributed by atoms with van der Waals surface area (Å²) in [5.41, 5.74) is 2.56. The van der Waals surface area contributed by atoms with Crippen LogP contribution in [0.1, 0.15) is 31.4 Å². The first-order chi connectivity index (χ1) is 14.2. The van der Waals surface area contributed by atoms with Gasteiger partial charge in [0.25, 0.3) is 0 Å². The van der Waals surface area contributed by atoms with Gasteiger partial charge in [0.15, 0.2) is 5.13 Å². The summed E-state index contributed by atoms with van der Waals surface area (Å²) in [6, 6.07) is 7.86. The Morgan fingerprint density at radius 1 is 1.10 bits per heavy atom. The highest BCUT2D eigenvalue weighted by Crippen LogP contribution is 2.27. The van der Waals surface area contributed by atoms with E-state index >= 15 is 0 Å². The Kier molecular flexibility index (Phi) is 6.41. The molecule has 1 saturated heterocycles. The number of ether oxygens (including phenoxy) is 1. The number of benzene rings is 1. The number of thiazole rings is 1. The molecule has 2 N–H and O–H groups in total. The molecule has 1 aliphatic carbocycles. The van der Waals surface area contributed by atoms with Gasteiger partial charge in [0.2, 0.25) is 11.8 Å². The van der Waals surface area contributed by atoms with E-state index in [2.05, 4.69) is 20.5 Å². The zero-order chi connectivity index (χ0) is 20.1. The quantitative estimate of drug-likeness (QED) is 0.758. The van der Waals surface area contributed by atoms with Crippen molar-refractivity contribution in [2.45, 2.75) is 32.1 Å². The molecule has 1 aromatic carbocycles. The number of aromatic nitrogens is 1. The zero-order valence-corrected chi connectivity index (χ0v) is 17.2. The summed E-state index contributed by atoms with van der Waals surface area (Å²) in [5.74, 6) is 0.0300. The van der Waals surface area contributed by atoms with Crippen molar-refractivity contribution in [3.8, 4) is 0 Å². The molecule has 7 nitrogen and oxygen atoms in total. The molecule has 1 aromatic heterocycles. The molecule has 4 rings (SSSR count). The third-order valence-corrected chi connectivity index (χ3v) is 6.18. The predicted molar refractivity (Wildman–Crippen MR) is 115 cm³/mol. The van der Waals surface area contributed by atoms with Crippen LogP contribution in [0.3, 0.4) is 0 Å². The number of carbonyl (C=O) groups excluding carboxylic acids is 2. The van der Waals surface area contributed by atoms with Crippen molar-refractivity contribution in [1.82, 2.24) is 4.98 Å². The maximum Gasteiger partial charge on any atom is 0.230 e. The van der Waals surface area contributed by atoms with E-state index in [4.69, 9.17) is 4.74 Å². The van der Waals surface area contributed by atoms with Crippen LogP contribution in [0.4, 0.5) is 16.5 Å². The van der Waals surface area contributed by atoms with Gasteiger partial charge >= 0.3 is 0 Å². The van der Waals surface area contributed by atoms with Gasteiger partial charge in [-0.3, -0.25) is 9.59 Å². The van der Waals surface area contributed by atoms with Crippen molar-refractivity contribution in [1.29, 1.82) is 0 Å². The molecule has 0 atom stereocenters. The Labute approximate surface area is 174 Å². The van der Waals surface area contributed by atoms with Gasteiger partial charge < -0.3 is 20.3 Å². The largest absolute Gasteiger partial charge is 0.378 e. The number of anilines is 3. The van der Waals surface area contributed by atoms with Gasteiger partial charge in [-0.15, -0.1) is 11.3 Å². The molecule has 2 aromatic rings. The maximum absolute atomic E-state index is 12.3. The smallest absolute Gasteiger partial charge is 0.230 e. The summed E-state index contributed by atoms with van der Waals surface area (Å²) in [5, 5.41) is 8.19. The molecule has 29 heavy (non-hydrogen) atoms. The third kappa shape index (κ3) is 5.33. The Hall–Kier alpha value is -2.45. The van der Waals surface area contributed by atoms with E-state index in [9.17, 15) is 9.59 Å². The highest BCUT2D eigenvalue weighted by Gasteiger charge is 2.23. The number of rotatable bonds is 6. The summed E-state index contributed by atoms with van der Waals surface area (Å²) < 4.78 is 5.38. The van der Waals surface area contributed by atoms with Crippen molar-refractivity contribution in [2.75, 3.05) is 41.8 Å². The number of hydrogen-bond donors (Lipinski definition) is 2. The minimum Gasteiger partial charge on any atom is -0.378 e. The first-order valence-corrected chi connectivity index (χ1v) is 11.0. The van der Waals surface area contributed by atoms with Crippen LogP contribution in [-0.2, 0) is 20.7 Å². The molecule has 0 spiro atoms. The Morgan fingerprint density at radius 2 is 1.83 bits per heavy atom. The van der Waals surface area contributed by atoms with Crippen LogP contribution in [0.2, 0.25) is 0 Å². The normalized spacial score (nSPS) is 17.3. The lowest BCUT2D eigenvalue weighted by atomic mass is 10.1. The summed E-state index contributed by atoms with van der Waals surface area (Å²) in [6.07, 6.45) is 4.33. The fourth-order valence-corrected chi connectivity index (χ4v) is 4.50. The molecule has 0 radical (unpaired) electrons. The van der Waals surface area contributed by atoms with E-state index in [-0.39, 0.29) is 24.2 Å². The van der Waals surface area contributed by atoms with Gasteiger partial charge in [-0.05, 0) is 37.1 Å². The highest BCUT2D eigenvalue weighted by molar-refractivity contribution is 7.13. The van der Waals surface area contributed by atoms with E-state index in [1.807, 2.05) is 29.6 Å². The molecule has 154 valence electrons. The zero-order valence-electron chi connectivity index (χ0n) is 16.4. The average Bonchev–Trinajstić information content (AvgIpc) is 3.42. The van der Waals surface area contributed by atoms with Crippen LogP contribution in [-0.4, -0.2) is 43.1 Å². The number of morpholine rings is 1.